The molecule has 0 spiro atoms. The van der Waals surface area contributed by atoms with Gasteiger partial charge in [-0.15, -0.1) is 5.10 Å². The molecule has 0 saturated carbocycles. The Hall–Kier alpha value is -4.95. The van der Waals surface area contributed by atoms with Crippen LogP contribution in [-0.2, 0) is 40.0 Å². The zero-order valence-corrected chi connectivity index (χ0v) is 37.1. The summed E-state index contributed by atoms with van der Waals surface area (Å²) < 4.78 is 40.7. The Labute approximate surface area is 377 Å². The third-order valence-electron chi connectivity index (χ3n) is 11.1. The summed E-state index contributed by atoms with van der Waals surface area (Å²) in [6, 6.07) is 13.2. The summed E-state index contributed by atoms with van der Waals surface area (Å²) in [5, 5.41) is 48.4. The lowest BCUT2D eigenvalue weighted by molar-refractivity contribution is -0.492. The first-order valence-electron chi connectivity index (χ1n) is 22.0. The normalized spacial score (nSPS) is 17.8. The maximum absolute atomic E-state index is 14.2. The van der Waals surface area contributed by atoms with Crippen molar-refractivity contribution in [3.63, 3.8) is 0 Å². The van der Waals surface area contributed by atoms with E-state index in [1.54, 1.807) is 19.1 Å². The number of aromatic nitrogens is 4. The van der Waals surface area contributed by atoms with Crippen molar-refractivity contribution in [2.45, 2.75) is 101 Å². The number of H-pyrrole nitrogens is 1. The molecule has 0 aliphatic carbocycles. The smallest absolute Gasteiger partial charge is 0.497 e. The van der Waals surface area contributed by atoms with E-state index >= 15 is 0 Å². The molecule has 1 aromatic heterocycles. The van der Waals surface area contributed by atoms with E-state index in [9.17, 15) is 9.59 Å². The monoisotopic (exact) mass is 920 g/mol. The summed E-state index contributed by atoms with van der Waals surface area (Å²) in [6.45, 7) is 3.64. The van der Waals surface area contributed by atoms with Crippen LogP contribution in [0.1, 0.15) is 99.6 Å². The van der Waals surface area contributed by atoms with Gasteiger partial charge in [0, 0.05) is 38.6 Å². The molecular weight excluding hydrogens is 857 g/mol. The molecule has 362 valence electrons. The molecule has 0 bridgehead atoms. The van der Waals surface area contributed by atoms with Crippen LogP contribution in [0.2, 0.25) is 0 Å². The number of nitrogens with zero attached hydrogens (tertiary/aromatic N) is 7. The number of hydrogen-bond donors (Lipinski definition) is 5. The number of nitrogens with one attached hydrogen (secondary N) is 1. The summed E-state index contributed by atoms with van der Waals surface area (Å²) in [5.74, 6) is 1.42. The highest BCUT2D eigenvalue weighted by Crippen LogP contribution is 2.39. The van der Waals surface area contributed by atoms with Crippen molar-refractivity contribution in [2.24, 2.45) is 0 Å². The molecule has 4 atom stereocenters. The van der Waals surface area contributed by atoms with Gasteiger partial charge in [-0.3, -0.25) is 30.5 Å². The minimum absolute atomic E-state index is 0.0745. The van der Waals surface area contributed by atoms with Gasteiger partial charge in [0.1, 0.15) is 18.1 Å². The van der Waals surface area contributed by atoms with Crippen LogP contribution in [0, 0.1) is 0 Å². The first-order chi connectivity index (χ1) is 31.6. The van der Waals surface area contributed by atoms with Gasteiger partial charge < -0.3 is 43.0 Å². The number of piperidine rings is 1. The lowest BCUT2D eigenvalue weighted by atomic mass is 9.81. The average molecular weight is 921 g/mol. The number of anilines is 1. The Balaban J connectivity index is 1.33. The Morgan fingerprint density at radius 1 is 0.862 bits per heavy atom. The van der Waals surface area contributed by atoms with Gasteiger partial charge in [-0.2, -0.15) is 0 Å². The Bertz CT molecular complexity index is 1800. The summed E-state index contributed by atoms with van der Waals surface area (Å²) >= 11 is 0. The highest BCUT2D eigenvalue weighted by molar-refractivity contribution is 5.68. The maximum Gasteiger partial charge on any atom is 0.508 e. The lowest BCUT2D eigenvalue weighted by Gasteiger charge is -2.44. The summed E-state index contributed by atoms with van der Waals surface area (Å²) in [4.78, 5) is 40.4. The predicted molar refractivity (Wildman–Crippen MR) is 225 cm³/mol. The Morgan fingerprint density at radius 2 is 1.55 bits per heavy atom. The van der Waals surface area contributed by atoms with Crippen LogP contribution < -0.4 is 14.4 Å². The topological polar surface area (TPSA) is 266 Å². The van der Waals surface area contributed by atoms with Crippen molar-refractivity contribution >= 4 is 17.9 Å². The highest BCUT2D eigenvalue weighted by Gasteiger charge is 2.42. The predicted octanol–water partition coefficient (Wildman–Crippen LogP) is 5.75. The first kappa shape index (κ1) is 51.0. The van der Waals surface area contributed by atoms with Gasteiger partial charge in [-0.25, -0.2) is 14.7 Å². The molecule has 23 nitrogen and oxygen atoms in total. The summed E-state index contributed by atoms with van der Waals surface area (Å²) in [7, 11) is 3.30. The maximum atomic E-state index is 14.2. The van der Waals surface area contributed by atoms with E-state index in [-0.39, 0.29) is 68.5 Å². The fourth-order valence-electron chi connectivity index (χ4n) is 7.82. The van der Waals surface area contributed by atoms with Gasteiger partial charge in [0.15, 0.2) is 11.9 Å². The first-order valence-corrected chi connectivity index (χ1v) is 22.0. The second kappa shape index (κ2) is 28.2. The zero-order valence-electron chi connectivity index (χ0n) is 37.1. The number of rotatable bonds is 29. The minimum atomic E-state index is -1.04. The highest BCUT2D eigenvalue weighted by atomic mass is 17.1. The Morgan fingerprint density at radius 3 is 2.20 bits per heavy atom. The van der Waals surface area contributed by atoms with Crippen molar-refractivity contribution in [3.8, 4) is 11.5 Å². The molecule has 65 heavy (non-hydrogen) atoms. The van der Waals surface area contributed by atoms with Crippen molar-refractivity contribution in [1.82, 2.24) is 36.3 Å². The number of unbranched alkanes of at least 4 members (excludes halogenated alkanes) is 6. The minimum Gasteiger partial charge on any atom is -0.497 e. The van der Waals surface area contributed by atoms with Crippen LogP contribution in [0.4, 0.5) is 15.3 Å². The quantitative estimate of drug-likeness (QED) is 0.0315. The SMILES string of the molecule is COCCCN1CCOc2ccc(COC3CN(C(=O)OCCCCCCON(O)O)C(CC(OC(=O)OCCCCCCON(O)O)c4nnn[nH]4)CC3c3ccc(OC)cc3)cc21. The van der Waals surface area contributed by atoms with Crippen LogP contribution in [0.3, 0.4) is 0 Å². The number of aromatic amines is 1. The molecule has 1 amide bonds. The van der Waals surface area contributed by atoms with E-state index in [1.165, 1.54) is 0 Å². The molecule has 1 saturated heterocycles. The number of fused-ring (bicyclic) bond motifs is 1. The second-order valence-corrected chi connectivity index (χ2v) is 15.6. The van der Waals surface area contributed by atoms with Gasteiger partial charge in [-0.1, -0.05) is 31.0 Å². The molecule has 2 aliphatic rings. The number of benzene rings is 2. The van der Waals surface area contributed by atoms with Crippen molar-refractivity contribution < 1.29 is 73.3 Å². The second-order valence-electron chi connectivity index (χ2n) is 15.6. The van der Waals surface area contributed by atoms with Crippen LogP contribution in [0.15, 0.2) is 42.5 Å². The molecule has 0 radical (unpaired) electrons. The largest absolute Gasteiger partial charge is 0.508 e. The van der Waals surface area contributed by atoms with E-state index in [1.807, 2.05) is 36.4 Å². The molecule has 5 rings (SSSR count). The number of methoxy groups -OCH3 is 2. The molecule has 23 heteroatoms. The summed E-state index contributed by atoms with van der Waals surface area (Å²) in [6.07, 6.45) is 3.33. The van der Waals surface area contributed by atoms with Gasteiger partial charge >= 0.3 is 12.2 Å². The van der Waals surface area contributed by atoms with Gasteiger partial charge in [0.05, 0.1) is 75.8 Å². The molecule has 5 N–H and O–H groups in total. The van der Waals surface area contributed by atoms with E-state index < -0.39 is 30.5 Å². The van der Waals surface area contributed by atoms with Crippen LogP contribution >= 0.6 is 0 Å². The zero-order chi connectivity index (χ0) is 46.2. The van der Waals surface area contributed by atoms with Crippen LogP contribution in [0.25, 0.3) is 0 Å². The van der Waals surface area contributed by atoms with E-state index in [4.69, 9.17) is 54.0 Å². The van der Waals surface area contributed by atoms with E-state index in [2.05, 4.69) is 41.3 Å². The van der Waals surface area contributed by atoms with E-state index in [0.717, 1.165) is 42.1 Å². The van der Waals surface area contributed by atoms with Gasteiger partial charge in [0.2, 0.25) is 0 Å². The molecule has 3 aromatic rings. The number of ether oxygens (including phenoxy) is 7. The van der Waals surface area contributed by atoms with Crippen LogP contribution in [0.5, 0.6) is 11.5 Å². The molecule has 4 unspecified atom stereocenters. The number of carbonyl (C=O) groups excluding carboxylic acids is 2. The number of carbonyl (C=O) groups is 2. The molecule has 1 fully saturated rings. The lowest BCUT2D eigenvalue weighted by Crippen LogP contribution is -2.53. The van der Waals surface area contributed by atoms with Crippen LogP contribution in [-0.4, -0.2) is 155 Å². The molecule has 2 aliphatic heterocycles. The standard InChI is InChI=1S/C42H64N8O15/c1-57-20-11-18-47-19-25-59-37-17-12-31(26-36(37)47)30-62-39-29-48(41(51)60-21-7-3-5-9-23-63-49(53)54)33(27-35(39)32-13-15-34(58-2)16-14-32)28-38(40-43-45-46-44-40)65-42(52)61-22-8-4-6-10-24-64-50(55)56/h12-17,26,33,35,38-39,53-56H,3-11,18-25,27-30H2,1-2H3,(H,43,44,45,46). The van der Waals surface area contributed by atoms with Gasteiger partial charge in [0.25, 0.3) is 0 Å². The number of amides is 1. The average Bonchev–Trinajstić information content (AvgIpc) is 3.85. The number of likely N-dealkylation sites (tertiary alicyclic amines) is 1. The molecular formula is C42H64N8O15. The fourth-order valence-corrected chi connectivity index (χ4v) is 7.82. The molecule has 3 heterocycles. The third-order valence-corrected chi connectivity index (χ3v) is 11.1. The van der Waals surface area contributed by atoms with E-state index in [0.29, 0.717) is 76.8 Å². The summed E-state index contributed by atoms with van der Waals surface area (Å²) in [5.41, 5.74) is 2.88. The Kier molecular flexibility index (Phi) is 22.1. The number of tetrazole rings is 1. The van der Waals surface area contributed by atoms with Crippen molar-refractivity contribution in [1.29, 1.82) is 0 Å². The van der Waals surface area contributed by atoms with Crippen molar-refractivity contribution in [3.05, 3.63) is 59.4 Å². The third kappa shape index (κ3) is 17.4. The van der Waals surface area contributed by atoms with Gasteiger partial charge in [-0.05, 0) is 97.2 Å². The number of hydrogen-bond acceptors (Lipinski definition) is 21. The molecule has 2 aromatic carbocycles. The van der Waals surface area contributed by atoms with Crippen molar-refractivity contribution in [2.75, 3.05) is 78.4 Å². The fraction of sp³-hybridized carbons (Fsp3) is 0.643.